The topological polar surface area (TPSA) is 44.5 Å². The van der Waals surface area contributed by atoms with E-state index in [4.69, 9.17) is 15.2 Å². The van der Waals surface area contributed by atoms with E-state index in [1.165, 1.54) is 0 Å². The van der Waals surface area contributed by atoms with Gasteiger partial charge in [0.15, 0.2) is 0 Å². The maximum atomic E-state index is 6.14. The van der Waals surface area contributed by atoms with Crippen molar-refractivity contribution in [3.63, 3.8) is 0 Å². The lowest BCUT2D eigenvalue weighted by Gasteiger charge is -2.10. The molecule has 0 aliphatic carbocycles. The second-order valence-electron chi connectivity index (χ2n) is 5.76. The minimum atomic E-state index is 0.666. The molecule has 0 saturated carbocycles. The highest BCUT2D eigenvalue weighted by Gasteiger charge is 2.05. The quantitative estimate of drug-likeness (QED) is 0.614. The van der Waals surface area contributed by atoms with Crippen molar-refractivity contribution in [3.8, 4) is 33.8 Å². The summed E-state index contributed by atoms with van der Waals surface area (Å²) in [6.45, 7) is 5.29. The third-order valence-electron chi connectivity index (χ3n) is 3.95. The van der Waals surface area contributed by atoms with E-state index in [0.29, 0.717) is 13.2 Å². The Bertz CT molecular complexity index is 756. The van der Waals surface area contributed by atoms with E-state index in [-0.39, 0.29) is 0 Å². The Morgan fingerprint density at radius 3 is 1.36 bits per heavy atom. The highest BCUT2D eigenvalue weighted by atomic mass is 16.5. The summed E-state index contributed by atoms with van der Waals surface area (Å²) in [5.74, 6) is 1.75. The minimum absolute atomic E-state index is 0.666. The van der Waals surface area contributed by atoms with Gasteiger partial charge in [-0.15, -0.1) is 0 Å². The summed E-state index contributed by atoms with van der Waals surface area (Å²) in [5.41, 5.74) is 11.3. The average Bonchev–Trinajstić information content (AvgIpc) is 2.63. The fraction of sp³-hybridized carbons (Fsp3) is 0.182. The number of nitrogens with two attached hydrogens (primary N) is 1. The molecule has 0 aliphatic heterocycles. The molecule has 0 bridgehead atoms. The Balaban J connectivity index is 1.92. The van der Waals surface area contributed by atoms with E-state index in [2.05, 4.69) is 30.3 Å². The Kier molecular flexibility index (Phi) is 5.24. The van der Waals surface area contributed by atoms with Crippen LogP contribution in [-0.4, -0.2) is 13.2 Å². The molecule has 25 heavy (non-hydrogen) atoms. The van der Waals surface area contributed by atoms with Crippen LogP contribution in [0.3, 0.4) is 0 Å². The smallest absolute Gasteiger partial charge is 0.119 e. The zero-order valence-electron chi connectivity index (χ0n) is 14.7. The van der Waals surface area contributed by atoms with Crippen molar-refractivity contribution in [2.75, 3.05) is 18.9 Å². The summed E-state index contributed by atoms with van der Waals surface area (Å²) in [6, 6.07) is 22.3. The fourth-order valence-electron chi connectivity index (χ4n) is 2.81. The van der Waals surface area contributed by atoms with Crippen LogP contribution in [0.15, 0.2) is 66.7 Å². The molecule has 0 heterocycles. The van der Waals surface area contributed by atoms with Gasteiger partial charge in [0.25, 0.3) is 0 Å². The second kappa shape index (κ2) is 7.75. The molecule has 3 rings (SSSR count). The fourth-order valence-corrected chi connectivity index (χ4v) is 2.81. The summed E-state index contributed by atoms with van der Waals surface area (Å²) in [5, 5.41) is 0. The van der Waals surface area contributed by atoms with E-state index in [1.54, 1.807) is 0 Å². The van der Waals surface area contributed by atoms with E-state index < -0.39 is 0 Å². The number of nitrogen functional groups attached to an aromatic ring is 1. The van der Waals surface area contributed by atoms with Crippen molar-refractivity contribution < 1.29 is 9.47 Å². The predicted molar refractivity (Wildman–Crippen MR) is 104 cm³/mol. The molecule has 0 amide bonds. The number of anilines is 1. The van der Waals surface area contributed by atoms with Gasteiger partial charge in [0, 0.05) is 5.69 Å². The molecule has 3 heteroatoms. The van der Waals surface area contributed by atoms with Crippen LogP contribution < -0.4 is 15.2 Å². The maximum absolute atomic E-state index is 6.14. The van der Waals surface area contributed by atoms with Crippen molar-refractivity contribution in [2.24, 2.45) is 0 Å². The molecule has 128 valence electrons. The highest BCUT2D eigenvalue weighted by Crippen LogP contribution is 2.31. The van der Waals surface area contributed by atoms with Crippen LogP contribution >= 0.6 is 0 Å². The van der Waals surface area contributed by atoms with Crippen LogP contribution in [0, 0.1) is 0 Å². The summed E-state index contributed by atoms with van der Waals surface area (Å²) < 4.78 is 11.0. The highest BCUT2D eigenvalue weighted by molar-refractivity contribution is 5.77. The molecule has 0 atom stereocenters. The molecule has 2 N–H and O–H groups in total. The van der Waals surface area contributed by atoms with E-state index in [1.807, 2.05) is 50.2 Å². The van der Waals surface area contributed by atoms with Crippen molar-refractivity contribution in [2.45, 2.75) is 13.8 Å². The van der Waals surface area contributed by atoms with Gasteiger partial charge in [-0.1, -0.05) is 24.3 Å². The van der Waals surface area contributed by atoms with Crippen LogP contribution in [0.2, 0.25) is 0 Å². The van der Waals surface area contributed by atoms with Crippen molar-refractivity contribution in [1.82, 2.24) is 0 Å². The Morgan fingerprint density at radius 2 is 1.00 bits per heavy atom. The number of rotatable bonds is 6. The Morgan fingerprint density at radius 1 is 0.600 bits per heavy atom. The first kappa shape index (κ1) is 16.9. The molecule has 0 aliphatic rings. The van der Waals surface area contributed by atoms with Gasteiger partial charge in [-0.2, -0.15) is 0 Å². The SMILES string of the molecule is CCOc1ccc(-c2cc(N)cc(-c3ccc(OCC)cc3)c2)cc1. The standard InChI is InChI=1S/C22H23NO2/c1-3-24-21-9-5-16(6-10-21)18-13-19(15-20(23)14-18)17-7-11-22(12-8-17)25-4-2/h5-15H,3-4,23H2,1-2H3. The lowest BCUT2D eigenvalue weighted by Crippen LogP contribution is -1.92. The average molecular weight is 333 g/mol. The van der Waals surface area contributed by atoms with Gasteiger partial charge in [0.1, 0.15) is 11.5 Å². The second-order valence-corrected chi connectivity index (χ2v) is 5.76. The van der Waals surface area contributed by atoms with Crippen LogP contribution in [0.4, 0.5) is 5.69 Å². The van der Waals surface area contributed by atoms with Crippen LogP contribution in [0.25, 0.3) is 22.3 Å². The number of ether oxygens (including phenoxy) is 2. The zero-order valence-corrected chi connectivity index (χ0v) is 14.7. The Labute approximate surface area is 149 Å². The van der Waals surface area contributed by atoms with Crippen molar-refractivity contribution in [3.05, 3.63) is 66.7 Å². The number of hydrogen-bond acceptors (Lipinski definition) is 3. The first-order chi connectivity index (χ1) is 12.2. The van der Waals surface area contributed by atoms with E-state index in [0.717, 1.165) is 39.4 Å². The maximum Gasteiger partial charge on any atom is 0.119 e. The summed E-state index contributed by atoms with van der Waals surface area (Å²) >= 11 is 0. The normalized spacial score (nSPS) is 10.5. The van der Waals surface area contributed by atoms with Crippen molar-refractivity contribution in [1.29, 1.82) is 0 Å². The van der Waals surface area contributed by atoms with Gasteiger partial charge in [-0.05, 0) is 78.6 Å². The minimum Gasteiger partial charge on any atom is -0.494 e. The van der Waals surface area contributed by atoms with Crippen molar-refractivity contribution >= 4 is 5.69 Å². The molecule has 0 unspecified atom stereocenters. The van der Waals surface area contributed by atoms with Gasteiger partial charge in [0.05, 0.1) is 13.2 Å². The van der Waals surface area contributed by atoms with Gasteiger partial charge in [0.2, 0.25) is 0 Å². The first-order valence-electron chi connectivity index (χ1n) is 8.56. The van der Waals surface area contributed by atoms with Gasteiger partial charge in [-0.3, -0.25) is 0 Å². The zero-order chi connectivity index (χ0) is 17.6. The molecular weight excluding hydrogens is 310 g/mol. The monoisotopic (exact) mass is 333 g/mol. The molecule has 3 aromatic carbocycles. The molecule has 3 nitrogen and oxygen atoms in total. The summed E-state index contributed by atoms with van der Waals surface area (Å²) in [7, 11) is 0. The number of benzene rings is 3. The largest absolute Gasteiger partial charge is 0.494 e. The molecule has 0 aromatic heterocycles. The Hall–Kier alpha value is -2.94. The summed E-state index contributed by atoms with van der Waals surface area (Å²) in [4.78, 5) is 0. The molecule has 0 fully saturated rings. The lowest BCUT2D eigenvalue weighted by atomic mass is 9.98. The lowest BCUT2D eigenvalue weighted by molar-refractivity contribution is 0.340. The van der Waals surface area contributed by atoms with Gasteiger partial charge < -0.3 is 15.2 Å². The molecule has 0 radical (unpaired) electrons. The van der Waals surface area contributed by atoms with Crippen LogP contribution in [-0.2, 0) is 0 Å². The van der Waals surface area contributed by atoms with E-state index >= 15 is 0 Å². The van der Waals surface area contributed by atoms with Crippen LogP contribution in [0.5, 0.6) is 11.5 Å². The molecular formula is C22H23NO2. The molecule has 0 spiro atoms. The van der Waals surface area contributed by atoms with Gasteiger partial charge >= 0.3 is 0 Å². The third kappa shape index (κ3) is 4.13. The molecule has 0 saturated heterocycles. The van der Waals surface area contributed by atoms with E-state index in [9.17, 15) is 0 Å². The van der Waals surface area contributed by atoms with Gasteiger partial charge in [-0.25, -0.2) is 0 Å². The third-order valence-corrected chi connectivity index (χ3v) is 3.95. The predicted octanol–water partition coefficient (Wildman–Crippen LogP) is 5.40. The number of hydrogen-bond donors (Lipinski definition) is 1. The summed E-state index contributed by atoms with van der Waals surface area (Å²) in [6.07, 6.45) is 0. The first-order valence-corrected chi connectivity index (χ1v) is 8.56. The molecule has 3 aromatic rings. The van der Waals surface area contributed by atoms with Crippen LogP contribution in [0.1, 0.15) is 13.8 Å².